The van der Waals surface area contributed by atoms with Gasteiger partial charge in [-0.1, -0.05) is 23.2 Å². The van der Waals surface area contributed by atoms with E-state index in [0.29, 0.717) is 15.6 Å². The van der Waals surface area contributed by atoms with Crippen LogP contribution in [0.5, 0.6) is 0 Å². The Labute approximate surface area is 117 Å². The van der Waals surface area contributed by atoms with Gasteiger partial charge in [0.25, 0.3) is 5.91 Å². The smallest absolute Gasteiger partial charge is 0.251 e. The van der Waals surface area contributed by atoms with E-state index in [1.54, 1.807) is 18.2 Å². The van der Waals surface area contributed by atoms with Gasteiger partial charge in [-0.05, 0) is 51.2 Å². The fraction of sp³-hybridized carbons (Fsp3) is 0.462. The van der Waals surface area contributed by atoms with Crippen molar-refractivity contribution in [3.63, 3.8) is 0 Å². The molecule has 3 nitrogen and oxygen atoms in total. The molecule has 0 unspecified atom stereocenters. The summed E-state index contributed by atoms with van der Waals surface area (Å²) in [4.78, 5) is 14.3. The van der Waals surface area contributed by atoms with Gasteiger partial charge in [0.2, 0.25) is 0 Å². The van der Waals surface area contributed by atoms with Gasteiger partial charge in [0.15, 0.2) is 0 Å². The summed E-state index contributed by atoms with van der Waals surface area (Å²) in [6.45, 7) is 2.04. The molecule has 5 heteroatoms. The molecule has 0 aliphatic carbocycles. The first kappa shape index (κ1) is 13.7. The topological polar surface area (TPSA) is 32.3 Å². The van der Waals surface area contributed by atoms with Crippen LogP contribution in [0.2, 0.25) is 10.0 Å². The predicted octanol–water partition coefficient (Wildman–Crippen LogP) is 2.82. The molecular weight excluding hydrogens is 271 g/mol. The summed E-state index contributed by atoms with van der Waals surface area (Å²) in [5.41, 5.74) is 0.559. The summed E-state index contributed by atoms with van der Waals surface area (Å²) in [6, 6.07) is 5.20. The average molecular weight is 287 g/mol. The van der Waals surface area contributed by atoms with Gasteiger partial charge >= 0.3 is 0 Å². The molecule has 1 aromatic rings. The molecular formula is C13H16Cl2N2O. The summed E-state index contributed by atoms with van der Waals surface area (Å²) < 4.78 is 0. The number of benzene rings is 1. The summed E-state index contributed by atoms with van der Waals surface area (Å²) in [7, 11) is 2.09. The normalized spacial score (nSPS) is 17.7. The minimum atomic E-state index is -0.0804. The second-order valence-corrected chi connectivity index (χ2v) is 5.49. The summed E-state index contributed by atoms with van der Waals surface area (Å²) in [5.74, 6) is -0.0804. The van der Waals surface area contributed by atoms with Crippen molar-refractivity contribution < 1.29 is 4.79 Å². The monoisotopic (exact) mass is 286 g/mol. The Morgan fingerprint density at radius 3 is 2.56 bits per heavy atom. The maximum absolute atomic E-state index is 12.0. The molecule has 0 bridgehead atoms. The molecule has 0 atom stereocenters. The van der Waals surface area contributed by atoms with Gasteiger partial charge in [-0.15, -0.1) is 0 Å². The van der Waals surface area contributed by atoms with Crippen molar-refractivity contribution in [1.29, 1.82) is 0 Å². The Morgan fingerprint density at radius 1 is 1.28 bits per heavy atom. The first-order valence-corrected chi connectivity index (χ1v) is 6.76. The summed E-state index contributed by atoms with van der Waals surface area (Å²) in [6.07, 6.45) is 1.98. The number of amides is 1. The second kappa shape index (κ2) is 5.91. The third kappa shape index (κ3) is 3.37. The Hall–Kier alpha value is -0.770. The van der Waals surface area contributed by atoms with Crippen LogP contribution in [0.4, 0.5) is 0 Å². The van der Waals surface area contributed by atoms with Crippen LogP contribution in [-0.4, -0.2) is 37.0 Å². The highest BCUT2D eigenvalue weighted by Crippen LogP contribution is 2.22. The lowest BCUT2D eigenvalue weighted by Gasteiger charge is -2.29. The zero-order valence-corrected chi connectivity index (χ0v) is 11.8. The van der Waals surface area contributed by atoms with E-state index < -0.39 is 0 Å². The molecule has 1 fully saturated rings. The molecule has 2 rings (SSSR count). The van der Waals surface area contributed by atoms with Crippen molar-refractivity contribution in [1.82, 2.24) is 10.2 Å². The zero-order valence-electron chi connectivity index (χ0n) is 10.2. The fourth-order valence-electron chi connectivity index (χ4n) is 2.06. The van der Waals surface area contributed by atoms with E-state index in [4.69, 9.17) is 23.2 Å². The number of carbonyl (C=O) groups excluding carboxylic acids is 1. The molecule has 0 aromatic heterocycles. The molecule has 18 heavy (non-hydrogen) atoms. The highest BCUT2D eigenvalue weighted by Gasteiger charge is 2.19. The third-order valence-electron chi connectivity index (χ3n) is 3.24. The van der Waals surface area contributed by atoms with Crippen molar-refractivity contribution in [2.45, 2.75) is 18.9 Å². The maximum atomic E-state index is 12.0. The van der Waals surface area contributed by atoms with E-state index in [9.17, 15) is 4.79 Å². The molecule has 1 N–H and O–H groups in total. The minimum absolute atomic E-state index is 0.0804. The van der Waals surface area contributed by atoms with E-state index >= 15 is 0 Å². The van der Waals surface area contributed by atoms with E-state index in [0.717, 1.165) is 25.9 Å². The van der Waals surface area contributed by atoms with Crippen LogP contribution in [0.25, 0.3) is 0 Å². The number of rotatable bonds is 2. The molecule has 1 aromatic carbocycles. The molecule has 1 saturated heterocycles. The van der Waals surface area contributed by atoms with Crippen LogP contribution in [0.15, 0.2) is 18.2 Å². The highest BCUT2D eigenvalue weighted by atomic mass is 35.5. The molecule has 1 aliphatic heterocycles. The maximum Gasteiger partial charge on any atom is 0.251 e. The van der Waals surface area contributed by atoms with Gasteiger partial charge in [0.05, 0.1) is 10.0 Å². The number of likely N-dealkylation sites (tertiary alicyclic amines) is 1. The van der Waals surface area contributed by atoms with Crippen molar-refractivity contribution in [3.05, 3.63) is 33.8 Å². The van der Waals surface area contributed by atoms with Crippen molar-refractivity contribution in [3.8, 4) is 0 Å². The number of nitrogens with zero attached hydrogens (tertiary/aromatic N) is 1. The lowest BCUT2D eigenvalue weighted by atomic mass is 10.0. The first-order valence-electron chi connectivity index (χ1n) is 6.00. The Balaban J connectivity index is 1.97. The Morgan fingerprint density at radius 2 is 1.94 bits per heavy atom. The van der Waals surface area contributed by atoms with Gasteiger partial charge in [-0.2, -0.15) is 0 Å². The Bertz CT molecular complexity index is 443. The van der Waals surface area contributed by atoms with Gasteiger partial charge in [-0.3, -0.25) is 4.79 Å². The largest absolute Gasteiger partial charge is 0.349 e. The van der Waals surface area contributed by atoms with Crippen LogP contribution < -0.4 is 5.32 Å². The van der Waals surface area contributed by atoms with Gasteiger partial charge in [0.1, 0.15) is 0 Å². The summed E-state index contributed by atoms with van der Waals surface area (Å²) in [5, 5.41) is 3.91. The number of hydrogen-bond acceptors (Lipinski definition) is 2. The molecule has 1 aliphatic rings. The van der Waals surface area contributed by atoms with Crippen LogP contribution in [-0.2, 0) is 0 Å². The third-order valence-corrected chi connectivity index (χ3v) is 3.97. The number of piperidine rings is 1. The highest BCUT2D eigenvalue weighted by molar-refractivity contribution is 6.42. The molecule has 0 spiro atoms. The standard InChI is InChI=1S/C13H16Cl2N2O/c1-17-6-4-10(5-7-17)16-13(18)9-2-3-11(14)12(15)8-9/h2-3,8,10H,4-7H2,1H3,(H,16,18). The lowest BCUT2D eigenvalue weighted by Crippen LogP contribution is -2.43. The molecule has 0 radical (unpaired) electrons. The fourth-order valence-corrected chi connectivity index (χ4v) is 2.36. The minimum Gasteiger partial charge on any atom is -0.349 e. The van der Waals surface area contributed by atoms with Crippen molar-refractivity contribution >= 4 is 29.1 Å². The number of nitrogens with one attached hydrogen (secondary N) is 1. The number of carbonyl (C=O) groups is 1. The molecule has 98 valence electrons. The van der Waals surface area contributed by atoms with E-state index in [1.807, 2.05) is 0 Å². The van der Waals surface area contributed by atoms with Gasteiger partial charge < -0.3 is 10.2 Å². The van der Waals surface area contributed by atoms with Crippen LogP contribution >= 0.6 is 23.2 Å². The van der Waals surface area contributed by atoms with Crippen molar-refractivity contribution in [2.24, 2.45) is 0 Å². The number of halogens is 2. The lowest BCUT2D eigenvalue weighted by molar-refractivity contribution is 0.0917. The average Bonchev–Trinajstić information content (AvgIpc) is 2.35. The van der Waals surface area contributed by atoms with Crippen LogP contribution in [0.1, 0.15) is 23.2 Å². The Kier molecular flexibility index (Phi) is 4.49. The molecule has 0 saturated carbocycles. The molecule has 1 heterocycles. The van der Waals surface area contributed by atoms with Crippen molar-refractivity contribution in [2.75, 3.05) is 20.1 Å². The van der Waals surface area contributed by atoms with E-state index in [1.165, 1.54) is 0 Å². The van der Waals surface area contributed by atoms with E-state index in [2.05, 4.69) is 17.3 Å². The number of hydrogen-bond donors (Lipinski definition) is 1. The quantitative estimate of drug-likeness (QED) is 0.907. The first-order chi connectivity index (χ1) is 8.56. The second-order valence-electron chi connectivity index (χ2n) is 4.68. The van der Waals surface area contributed by atoms with Crippen LogP contribution in [0.3, 0.4) is 0 Å². The van der Waals surface area contributed by atoms with E-state index in [-0.39, 0.29) is 11.9 Å². The zero-order chi connectivity index (χ0) is 13.1. The van der Waals surface area contributed by atoms with Gasteiger partial charge in [0, 0.05) is 11.6 Å². The van der Waals surface area contributed by atoms with Crippen LogP contribution in [0, 0.1) is 0 Å². The molecule has 1 amide bonds. The van der Waals surface area contributed by atoms with Gasteiger partial charge in [-0.25, -0.2) is 0 Å². The SMILES string of the molecule is CN1CCC(NC(=O)c2ccc(Cl)c(Cl)c2)CC1. The predicted molar refractivity (Wildman–Crippen MR) is 74.4 cm³/mol. The summed E-state index contributed by atoms with van der Waals surface area (Å²) >= 11 is 11.7.